The van der Waals surface area contributed by atoms with E-state index in [1.807, 2.05) is 0 Å². The molecule has 32 heavy (non-hydrogen) atoms. The molecule has 9 nitrogen and oxygen atoms in total. The lowest BCUT2D eigenvalue weighted by Crippen LogP contribution is -2.27. The van der Waals surface area contributed by atoms with E-state index in [4.69, 9.17) is 4.18 Å². The molecule has 1 aliphatic rings. The molecule has 0 aliphatic carbocycles. The third-order valence-corrected chi connectivity index (χ3v) is 9.04. The minimum Gasteiger partial charge on any atom is -0.378 e. The molecule has 0 radical (unpaired) electrons. The van der Waals surface area contributed by atoms with E-state index in [0.29, 0.717) is 18.0 Å². The number of hydrogen-bond acceptors (Lipinski definition) is 8. The van der Waals surface area contributed by atoms with Gasteiger partial charge in [-0.1, -0.05) is 6.07 Å². The molecule has 168 valence electrons. The van der Waals surface area contributed by atoms with Crippen molar-refractivity contribution in [1.82, 2.24) is 4.31 Å². The smallest absolute Gasteiger partial charge is 0.339 e. The third-order valence-electron chi connectivity index (χ3n) is 4.98. The lowest BCUT2D eigenvalue weighted by molar-refractivity contribution is -0.384. The molecule has 1 saturated heterocycles. The third kappa shape index (κ3) is 4.39. The van der Waals surface area contributed by atoms with Crippen LogP contribution in [0.2, 0.25) is 0 Å². The lowest BCUT2D eigenvalue weighted by atomic mass is 10.1. The highest BCUT2D eigenvalue weighted by atomic mass is 32.2. The van der Waals surface area contributed by atoms with Crippen molar-refractivity contribution in [1.29, 1.82) is 0 Å². The Balaban J connectivity index is 1.64. The van der Waals surface area contributed by atoms with E-state index >= 15 is 0 Å². The van der Waals surface area contributed by atoms with Gasteiger partial charge in [-0.3, -0.25) is 10.1 Å². The van der Waals surface area contributed by atoms with Crippen molar-refractivity contribution in [3.05, 3.63) is 70.1 Å². The summed E-state index contributed by atoms with van der Waals surface area (Å²) >= 11 is 1.28. The number of nitro benzene ring substituents is 1. The summed E-state index contributed by atoms with van der Waals surface area (Å²) in [6.07, 6.45) is 1.59. The van der Waals surface area contributed by atoms with Gasteiger partial charge in [-0.25, -0.2) is 8.42 Å². The van der Waals surface area contributed by atoms with Crippen LogP contribution in [0.3, 0.4) is 0 Å². The molecule has 2 aromatic carbocycles. The van der Waals surface area contributed by atoms with Gasteiger partial charge in [0.05, 0.1) is 9.82 Å². The summed E-state index contributed by atoms with van der Waals surface area (Å²) in [5, 5.41) is 12.9. The summed E-state index contributed by atoms with van der Waals surface area (Å²) in [6, 6.07) is 11.9. The van der Waals surface area contributed by atoms with Crippen LogP contribution < -0.4 is 4.18 Å². The molecule has 12 heteroatoms. The van der Waals surface area contributed by atoms with E-state index in [1.54, 1.807) is 17.5 Å². The average molecular weight is 495 g/mol. The van der Waals surface area contributed by atoms with Crippen LogP contribution in [0.15, 0.2) is 69.8 Å². The number of nitrogens with zero attached hydrogens (tertiary/aromatic N) is 2. The minimum absolute atomic E-state index is 0.00737. The molecule has 0 atom stereocenters. The first kappa shape index (κ1) is 22.4. The van der Waals surface area contributed by atoms with Gasteiger partial charge >= 0.3 is 10.1 Å². The molecule has 0 amide bonds. The summed E-state index contributed by atoms with van der Waals surface area (Å²) in [5.41, 5.74) is 0.0700. The zero-order valence-corrected chi connectivity index (χ0v) is 19.0. The second kappa shape index (κ2) is 8.62. The van der Waals surface area contributed by atoms with Crippen LogP contribution >= 0.6 is 11.3 Å². The Hall–Kier alpha value is -2.80. The fraction of sp³-hybridized carbons (Fsp3) is 0.200. The number of sulfonamides is 1. The normalized spacial score (nSPS) is 15.0. The fourth-order valence-electron chi connectivity index (χ4n) is 3.35. The van der Waals surface area contributed by atoms with Crippen LogP contribution in [0.1, 0.15) is 12.8 Å². The topological polar surface area (TPSA) is 124 Å². The summed E-state index contributed by atoms with van der Waals surface area (Å²) < 4.78 is 57.6. The maximum absolute atomic E-state index is 12.8. The van der Waals surface area contributed by atoms with Crippen molar-refractivity contribution < 1.29 is 25.9 Å². The quantitative estimate of drug-likeness (QED) is 0.277. The van der Waals surface area contributed by atoms with Crippen molar-refractivity contribution in [3.8, 4) is 16.2 Å². The molecule has 4 rings (SSSR count). The van der Waals surface area contributed by atoms with Crippen molar-refractivity contribution in [2.45, 2.75) is 22.6 Å². The predicted octanol–water partition coefficient (Wildman–Crippen LogP) is 3.88. The predicted molar refractivity (Wildman–Crippen MR) is 119 cm³/mol. The van der Waals surface area contributed by atoms with Gasteiger partial charge in [0.15, 0.2) is 5.75 Å². The Bertz CT molecular complexity index is 1340. The zero-order chi connectivity index (χ0) is 22.9. The number of thiophene rings is 1. The second-order valence-electron chi connectivity index (χ2n) is 7.03. The molecule has 0 spiro atoms. The Kier molecular flexibility index (Phi) is 6.03. The molecule has 0 unspecified atom stereocenters. The second-order valence-corrected chi connectivity index (χ2v) is 11.5. The largest absolute Gasteiger partial charge is 0.378 e. The molecule has 1 fully saturated rings. The summed E-state index contributed by atoms with van der Waals surface area (Å²) in [7, 11) is -7.99. The van der Waals surface area contributed by atoms with Crippen molar-refractivity contribution in [2.75, 3.05) is 13.1 Å². The van der Waals surface area contributed by atoms with Crippen molar-refractivity contribution in [3.63, 3.8) is 0 Å². The Morgan fingerprint density at radius 3 is 2.19 bits per heavy atom. The molecular weight excluding hydrogens is 476 g/mol. The molecule has 0 N–H and O–H groups in total. The van der Waals surface area contributed by atoms with Crippen LogP contribution in [-0.2, 0) is 20.1 Å². The first-order valence-corrected chi connectivity index (χ1v) is 13.3. The first-order valence-electron chi connectivity index (χ1n) is 9.55. The van der Waals surface area contributed by atoms with Gasteiger partial charge < -0.3 is 4.18 Å². The first-order chi connectivity index (χ1) is 15.2. The minimum atomic E-state index is -4.31. The summed E-state index contributed by atoms with van der Waals surface area (Å²) in [6.45, 7) is 0.883. The Morgan fingerprint density at radius 2 is 1.59 bits per heavy atom. The lowest BCUT2D eigenvalue weighted by Gasteiger charge is -2.16. The van der Waals surface area contributed by atoms with Gasteiger partial charge in [-0.15, -0.1) is 11.3 Å². The van der Waals surface area contributed by atoms with Crippen LogP contribution in [0.5, 0.6) is 5.75 Å². The van der Waals surface area contributed by atoms with Gasteiger partial charge in [0.25, 0.3) is 5.69 Å². The average Bonchev–Trinajstić information content (AvgIpc) is 3.48. The number of non-ortho nitro benzene ring substituents is 1. The van der Waals surface area contributed by atoms with E-state index in [2.05, 4.69) is 0 Å². The van der Waals surface area contributed by atoms with E-state index in [-0.39, 0.29) is 26.8 Å². The molecule has 2 heterocycles. The van der Waals surface area contributed by atoms with Crippen LogP contribution in [0.25, 0.3) is 10.4 Å². The maximum Gasteiger partial charge on any atom is 0.339 e. The van der Waals surface area contributed by atoms with E-state index < -0.39 is 25.1 Å². The molecule has 1 aromatic heterocycles. The van der Waals surface area contributed by atoms with Gasteiger partial charge in [-0.05, 0) is 54.6 Å². The molecule has 3 aromatic rings. The number of hydrogen-bond donors (Lipinski definition) is 0. The SMILES string of the molecule is O=[N+]([O-])c1ccc(OS(=O)(=O)c2ccc(S(=O)(=O)N3CCCC3)cc2)c(-c2cccs2)c1. The molecule has 0 saturated carbocycles. The molecule has 1 aliphatic heterocycles. The zero-order valence-electron chi connectivity index (χ0n) is 16.6. The molecular formula is C20H18N2O7S3. The highest BCUT2D eigenvalue weighted by Crippen LogP contribution is 2.37. The number of rotatable bonds is 7. The maximum atomic E-state index is 12.8. The standard InChI is InChI=1S/C20H18N2O7S3/c23-22(24)15-5-10-19(18(14-15)20-4-3-13-30-20)29-32(27,28)17-8-6-16(7-9-17)31(25,26)21-11-1-2-12-21/h3-10,13-14H,1-2,11-12H2. The number of benzene rings is 2. The van der Waals surface area contributed by atoms with Crippen LogP contribution in [0.4, 0.5) is 5.69 Å². The monoisotopic (exact) mass is 494 g/mol. The molecule has 0 bridgehead atoms. The summed E-state index contributed by atoms with van der Waals surface area (Å²) in [5.74, 6) is -0.0631. The Morgan fingerprint density at radius 1 is 0.938 bits per heavy atom. The van der Waals surface area contributed by atoms with E-state index in [1.165, 1.54) is 52.0 Å². The van der Waals surface area contributed by atoms with Crippen molar-refractivity contribution >= 4 is 37.2 Å². The van der Waals surface area contributed by atoms with Gasteiger partial charge in [0.2, 0.25) is 10.0 Å². The summed E-state index contributed by atoms with van der Waals surface area (Å²) in [4.78, 5) is 11.0. The fourth-order valence-corrected chi connectivity index (χ4v) is 6.56. The van der Waals surface area contributed by atoms with E-state index in [9.17, 15) is 26.9 Å². The Labute approximate surface area is 189 Å². The van der Waals surface area contributed by atoms with Crippen LogP contribution in [-0.4, -0.2) is 39.2 Å². The highest BCUT2D eigenvalue weighted by Gasteiger charge is 2.28. The van der Waals surface area contributed by atoms with Crippen molar-refractivity contribution in [2.24, 2.45) is 0 Å². The van der Waals surface area contributed by atoms with Crippen LogP contribution in [0, 0.1) is 10.1 Å². The van der Waals surface area contributed by atoms with E-state index in [0.717, 1.165) is 18.9 Å². The number of nitro groups is 1. The van der Waals surface area contributed by atoms with Gasteiger partial charge in [0.1, 0.15) is 4.90 Å². The van der Waals surface area contributed by atoms with Gasteiger partial charge in [-0.2, -0.15) is 12.7 Å². The highest BCUT2D eigenvalue weighted by molar-refractivity contribution is 7.89. The van der Waals surface area contributed by atoms with Gasteiger partial charge in [0, 0.05) is 35.7 Å².